The molecule has 0 aromatic carbocycles. The van der Waals surface area contributed by atoms with Gasteiger partial charge in [0.1, 0.15) is 17.0 Å². The zero-order chi connectivity index (χ0) is 28.1. The van der Waals surface area contributed by atoms with Crippen LogP contribution in [0.5, 0.6) is 0 Å². The minimum absolute atomic E-state index is 0.0293. The van der Waals surface area contributed by atoms with Crippen molar-refractivity contribution in [1.82, 2.24) is 9.55 Å². The van der Waals surface area contributed by atoms with Gasteiger partial charge in [0.25, 0.3) is 0 Å². The lowest BCUT2D eigenvalue weighted by Crippen LogP contribution is -2.61. The van der Waals surface area contributed by atoms with Gasteiger partial charge in [-0.2, -0.15) is 5.26 Å². The number of hydrogen-bond donors (Lipinski definition) is 0. The van der Waals surface area contributed by atoms with Crippen LogP contribution >= 0.6 is 15.9 Å². The molecular weight excluding hydrogens is 554 g/mol. The van der Waals surface area contributed by atoms with E-state index in [-0.39, 0.29) is 63.5 Å². The van der Waals surface area contributed by atoms with Crippen LogP contribution in [-0.2, 0) is 9.59 Å². The summed E-state index contributed by atoms with van der Waals surface area (Å²) in [7, 11) is 0. The number of nitriles is 1. The van der Waals surface area contributed by atoms with E-state index in [0.717, 1.165) is 50.5 Å². The molecule has 5 aliphatic carbocycles. The van der Waals surface area contributed by atoms with Crippen molar-refractivity contribution in [3.63, 3.8) is 0 Å². The molecule has 39 heavy (non-hydrogen) atoms. The van der Waals surface area contributed by atoms with Crippen LogP contribution in [0.3, 0.4) is 0 Å². The second-order valence-electron chi connectivity index (χ2n) is 14.3. The number of carbonyl (C=O) groups excluding carboxylic acids is 3. The number of fused-ring (bicyclic) bond motifs is 7. The van der Waals surface area contributed by atoms with Crippen LogP contribution in [0.4, 0.5) is 0 Å². The molecule has 1 aromatic heterocycles. The van der Waals surface area contributed by atoms with Gasteiger partial charge in [0.2, 0.25) is 5.91 Å². The van der Waals surface area contributed by atoms with E-state index < -0.39 is 10.8 Å². The summed E-state index contributed by atoms with van der Waals surface area (Å²) in [5, 5.41) is 9.77. The van der Waals surface area contributed by atoms with Gasteiger partial charge in [0.15, 0.2) is 11.6 Å². The smallest absolute Gasteiger partial charge is 0.238 e. The monoisotopic (exact) mass is 591 g/mol. The molecule has 206 valence electrons. The normalized spacial score (nSPS) is 42.6. The van der Waals surface area contributed by atoms with E-state index in [1.807, 2.05) is 19.1 Å². The largest absolute Gasteiger partial charge is 0.295 e. The van der Waals surface area contributed by atoms with Crippen molar-refractivity contribution in [3.8, 4) is 6.07 Å². The van der Waals surface area contributed by atoms with Gasteiger partial charge in [0.05, 0.1) is 11.0 Å². The topological polar surface area (TPSA) is 92.8 Å². The summed E-state index contributed by atoms with van der Waals surface area (Å²) >= 11 is 3.40. The van der Waals surface area contributed by atoms with Crippen LogP contribution in [0, 0.1) is 62.6 Å². The Morgan fingerprint density at radius 2 is 1.79 bits per heavy atom. The van der Waals surface area contributed by atoms with Gasteiger partial charge in [-0.15, -0.1) is 0 Å². The van der Waals surface area contributed by atoms with Crippen molar-refractivity contribution in [2.75, 3.05) is 0 Å². The average molecular weight is 593 g/mol. The Labute approximate surface area is 239 Å². The minimum Gasteiger partial charge on any atom is -0.295 e. The van der Waals surface area contributed by atoms with Crippen LogP contribution < -0.4 is 0 Å². The Bertz CT molecular complexity index is 1400. The number of nitrogens with zero attached hydrogens (tertiary/aromatic N) is 3. The Hall–Kier alpha value is -2.33. The third-order valence-corrected chi connectivity index (χ3v) is 12.3. The molecule has 1 aromatic rings. The van der Waals surface area contributed by atoms with E-state index >= 15 is 0 Å². The number of ketones is 2. The maximum atomic E-state index is 14.3. The van der Waals surface area contributed by atoms with Crippen molar-refractivity contribution < 1.29 is 14.4 Å². The lowest BCUT2D eigenvalue weighted by molar-refractivity contribution is -0.141. The van der Waals surface area contributed by atoms with E-state index in [4.69, 9.17) is 0 Å². The number of rotatable bonds is 1. The summed E-state index contributed by atoms with van der Waals surface area (Å²) in [4.78, 5) is 45.7. The van der Waals surface area contributed by atoms with Crippen molar-refractivity contribution in [1.29, 1.82) is 5.26 Å². The molecule has 0 N–H and O–H groups in total. The Balaban J connectivity index is 1.47. The van der Waals surface area contributed by atoms with Crippen molar-refractivity contribution in [2.24, 2.45) is 51.2 Å². The van der Waals surface area contributed by atoms with Crippen molar-refractivity contribution in [3.05, 3.63) is 40.4 Å². The Morgan fingerprint density at radius 3 is 2.46 bits per heavy atom. The van der Waals surface area contributed by atoms with Gasteiger partial charge in [-0.1, -0.05) is 46.3 Å². The third kappa shape index (κ3) is 3.62. The fourth-order valence-corrected chi connectivity index (χ4v) is 10.2. The van der Waals surface area contributed by atoms with Crippen molar-refractivity contribution >= 4 is 33.4 Å². The molecule has 7 heteroatoms. The van der Waals surface area contributed by atoms with E-state index in [1.54, 1.807) is 17.1 Å². The third-order valence-electron chi connectivity index (χ3n) is 11.9. The van der Waals surface area contributed by atoms with Gasteiger partial charge in [-0.25, -0.2) is 4.98 Å². The van der Waals surface area contributed by atoms with E-state index in [0.29, 0.717) is 4.60 Å². The fourth-order valence-electron chi connectivity index (χ4n) is 9.93. The molecule has 3 saturated carbocycles. The van der Waals surface area contributed by atoms with Gasteiger partial charge < -0.3 is 0 Å². The molecule has 0 spiro atoms. The molecule has 6 nitrogen and oxygen atoms in total. The van der Waals surface area contributed by atoms with Crippen LogP contribution in [0.25, 0.3) is 0 Å². The molecule has 0 aliphatic heterocycles. The average Bonchev–Trinajstić information content (AvgIpc) is 3.32. The highest BCUT2D eigenvalue weighted by Gasteiger charge is 2.66. The summed E-state index contributed by atoms with van der Waals surface area (Å²) in [6, 6.07) is 2.15. The zero-order valence-electron chi connectivity index (χ0n) is 23.6. The summed E-state index contributed by atoms with van der Waals surface area (Å²) in [6.07, 6.45) is 13.1. The maximum absolute atomic E-state index is 14.3. The Kier molecular flexibility index (Phi) is 5.91. The van der Waals surface area contributed by atoms with Crippen LogP contribution in [0.2, 0.25) is 0 Å². The molecule has 4 unspecified atom stereocenters. The predicted octanol–water partition coefficient (Wildman–Crippen LogP) is 6.73. The number of halogens is 1. The van der Waals surface area contributed by atoms with Gasteiger partial charge in [-0.05, 0) is 95.5 Å². The summed E-state index contributed by atoms with van der Waals surface area (Å²) < 4.78 is 2.27. The molecule has 0 bridgehead atoms. The Morgan fingerprint density at radius 1 is 1.08 bits per heavy atom. The highest BCUT2D eigenvalue weighted by atomic mass is 79.9. The first-order chi connectivity index (χ1) is 18.3. The van der Waals surface area contributed by atoms with Crippen LogP contribution in [0.1, 0.15) is 84.4 Å². The first kappa shape index (κ1) is 26.9. The number of imidazole rings is 1. The molecule has 5 aliphatic rings. The lowest BCUT2D eigenvalue weighted by atomic mass is 9.39. The number of Topliss-reactive ketones (excluding diaryl/α,β-unsaturated/α-hetero) is 1. The molecule has 0 radical (unpaired) electrons. The molecule has 1 heterocycles. The summed E-state index contributed by atoms with van der Waals surface area (Å²) in [5.41, 5.74) is 0.118. The number of hydrogen-bond acceptors (Lipinski definition) is 5. The second-order valence-corrected chi connectivity index (χ2v) is 15.2. The first-order valence-electron chi connectivity index (χ1n) is 14.5. The molecule has 3 fully saturated rings. The standard InChI is InChI=1S/C32H38BrN3O3/c1-18-20-6-8-30(4)21-7-9-32(28(39)36-16-25(33)35-17-36)11-10-29(2,3)14-22(32)26(21)23(37)12-24(30)31(20,5)13-19(15-34)27(18)38/h12-13,16-18,20-22,26H,6-11,14H2,1-5H3/t18-,20?,21?,22?,26?,30+,31+,32-/m1/s1. The van der Waals surface area contributed by atoms with Gasteiger partial charge in [-0.3, -0.25) is 19.0 Å². The number of carbonyl (C=O) groups is 3. The first-order valence-corrected chi connectivity index (χ1v) is 15.2. The SMILES string of the molecule is C[C@H]1C(=O)C(C#N)=C[C@]2(C)C3=CC(=O)C4C5CC(C)(C)CC[C@]5(C(=O)n5cnc(Br)c5)CCC4[C@]3(C)CCC12. The molecule has 8 atom stereocenters. The predicted molar refractivity (Wildman–Crippen MR) is 150 cm³/mol. The number of aromatic nitrogens is 2. The fraction of sp³-hybridized carbons (Fsp3) is 0.656. The van der Waals surface area contributed by atoms with Crippen LogP contribution in [0.15, 0.2) is 40.4 Å². The lowest BCUT2D eigenvalue weighted by Gasteiger charge is -2.64. The highest BCUT2D eigenvalue weighted by Crippen LogP contribution is 2.69. The quantitative estimate of drug-likeness (QED) is 0.361. The molecular formula is C32H38BrN3O3. The maximum Gasteiger partial charge on any atom is 0.238 e. The van der Waals surface area contributed by atoms with Crippen molar-refractivity contribution in [2.45, 2.75) is 79.6 Å². The number of allylic oxidation sites excluding steroid dienone is 4. The molecule has 6 rings (SSSR count). The zero-order valence-corrected chi connectivity index (χ0v) is 25.2. The van der Waals surface area contributed by atoms with Gasteiger partial charge >= 0.3 is 0 Å². The summed E-state index contributed by atoms with van der Waals surface area (Å²) in [6.45, 7) is 11.0. The van der Waals surface area contributed by atoms with Gasteiger partial charge in [0, 0.05) is 23.4 Å². The van der Waals surface area contributed by atoms with E-state index in [2.05, 4.69) is 54.7 Å². The highest BCUT2D eigenvalue weighted by molar-refractivity contribution is 9.10. The second kappa shape index (κ2) is 8.59. The molecule has 0 amide bonds. The van der Waals surface area contributed by atoms with E-state index in [1.165, 1.54) is 0 Å². The molecule has 0 saturated heterocycles. The minimum atomic E-state index is -0.574. The van der Waals surface area contributed by atoms with E-state index in [9.17, 15) is 19.6 Å². The van der Waals surface area contributed by atoms with Crippen LogP contribution in [-0.4, -0.2) is 27.0 Å². The summed E-state index contributed by atoms with van der Waals surface area (Å²) in [5.74, 6) is -0.101.